The minimum Gasteiger partial charge on any atom is -0.463 e. The summed E-state index contributed by atoms with van der Waals surface area (Å²) in [6.07, 6.45) is 2.12. The van der Waals surface area contributed by atoms with Crippen molar-refractivity contribution >= 4 is 5.97 Å². The molecule has 0 aromatic carbocycles. The van der Waals surface area contributed by atoms with Gasteiger partial charge in [-0.1, -0.05) is 0 Å². The highest BCUT2D eigenvalue weighted by Crippen LogP contribution is 2.05. The van der Waals surface area contributed by atoms with Crippen LogP contribution in [0.2, 0.25) is 0 Å². The standard InChI is InChI=1S/C11H23NO3/c1-11(2,3)15-9-8-14-10(13)6-4-5-7-12/h4-9,12H2,1-3H3. The van der Waals surface area contributed by atoms with Crippen molar-refractivity contribution < 1.29 is 14.3 Å². The molecule has 0 atom stereocenters. The summed E-state index contributed by atoms with van der Waals surface area (Å²) in [6, 6.07) is 0. The Labute approximate surface area is 92.1 Å². The lowest BCUT2D eigenvalue weighted by Gasteiger charge is -2.19. The number of unbranched alkanes of at least 4 members (excludes halogenated alkanes) is 1. The Morgan fingerprint density at radius 2 is 1.87 bits per heavy atom. The minimum atomic E-state index is -0.175. The second kappa shape index (κ2) is 7.65. The largest absolute Gasteiger partial charge is 0.463 e. The molecule has 0 bridgehead atoms. The molecule has 0 aliphatic carbocycles. The fraction of sp³-hybridized carbons (Fsp3) is 0.909. The smallest absolute Gasteiger partial charge is 0.305 e. The first-order valence-corrected chi connectivity index (χ1v) is 5.45. The van der Waals surface area contributed by atoms with Crippen molar-refractivity contribution in [1.29, 1.82) is 0 Å². The van der Waals surface area contributed by atoms with E-state index in [1.54, 1.807) is 0 Å². The van der Waals surface area contributed by atoms with Crippen LogP contribution in [0, 0.1) is 0 Å². The maximum Gasteiger partial charge on any atom is 0.305 e. The van der Waals surface area contributed by atoms with Gasteiger partial charge in [-0.2, -0.15) is 0 Å². The summed E-state index contributed by atoms with van der Waals surface area (Å²) < 4.78 is 10.4. The van der Waals surface area contributed by atoms with Gasteiger partial charge < -0.3 is 15.2 Å². The van der Waals surface area contributed by atoms with Crippen LogP contribution in [0.3, 0.4) is 0 Å². The van der Waals surface area contributed by atoms with Crippen molar-refractivity contribution in [2.24, 2.45) is 5.73 Å². The lowest BCUT2D eigenvalue weighted by Crippen LogP contribution is -2.22. The summed E-state index contributed by atoms with van der Waals surface area (Å²) >= 11 is 0. The zero-order valence-corrected chi connectivity index (χ0v) is 10.0. The number of ether oxygens (including phenoxy) is 2. The van der Waals surface area contributed by atoms with Gasteiger partial charge in [0.2, 0.25) is 0 Å². The summed E-state index contributed by atoms with van der Waals surface area (Å²) in [5.41, 5.74) is 5.14. The normalized spacial score (nSPS) is 11.5. The highest BCUT2D eigenvalue weighted by molar-refractivity contribution is 5.69. The number of nitrogens with two attached hydrogens (primary N) is 1. The molecular weight excluding hydrogens is 194 g/mol. The van der Waals surface area contributed by atoms with E-state index < -0.39 is 0 Å². The average molecular weight is 217 g/mol. The molecule has 0 fully saturated rings. The Morgan fingerprint density at radius 3 is 2.40 bits per heavy atom. The Bertz CT molecular complexity index is 175. The Morgan fingerprint density at radius 1 is 1.20 bits per heavy atom. The molecular formula is C11H23NO3. The van der Waals surface area contributed by atoms with Gasteiger partial charge in [-0.05, 0) is 40.2 Å². The molecule has 0 aliphatic rings. The van der Waals surface area contributed by atoms with E-state index in [0.29, 0.717) is 26.2 Å². The molecule has 0 aromatic heterocycles. The molecule has 0 heterocycles. The third kappa shape index (κ3) is 11.3. The van der Waals surface area contributed by atoms with Gasteiger partial charge in [0.1, 0.15) is 6.61 Å². The van der Waals surface area contributed by atoms with Gasteiger partial charge in [0.15, 0.2) is 0 Å². The number of hydrogen-bond donors (Lipinski definition) is 1. The number of hydrogen-bond acceptors (Lipinski definition) is 4. The van der Waals surface area contributed by atoms with E-state index in [-0.39, 0.29) is 11.6 Å². The highest BCUT2D eigenvalue weighted by Gasteiger charge is 2.10. The van der Waals surface area contributed by atoms with Gasteiger partial charge >= 0.3 is 5.97 Å². The van der Waals surface area contributed by atoms with Gasteiger partial charge in [0.05, 0.1) is 12.2 Å². The summed E-state index contributed by atoms with van der Waals surface area (Å²) in [5.74, 6) is -0.166. The van der Waals surface area contributed by atoms with E-state index in [9.17, 15) is 4.79 Å². The van der Waals surface area contributed by atoms with E-state index in [1.165, 1.54) is 0 Å². The predicted octanol–water partition coefficient (Wildman–Crippen LogP) is 1.47. The van der Waals surface area contributed by atoms with Crippen LogP contribution in [0.1, 0.15) is 40.0 Å². The Kier molecular flexibility index (Phi) is 7.34. The lowest BCUT2D eigenvalue weighted by molar-refractivity contribution is -0.147. The first-order valence-electron chi connectivity index (χ1n) is 5.45. The van der Waals surface area contributed by atoms with E-state index in [1.807, 2.05) is 20.8 Å². The van der Waals surface area contributed by atoms with Crippen LogP contribution in [0.4, 0.5) is 0 Å². The monoisotopic (exact) mass is 217 g/mol. The lowest BCUT2D eigenvalue weighted by atomic mass is 10.2. The van der Waals surface area contributed by atoms with Crippen molar-refractivity contribution in [3.8, 4) is 0 Å². The molecule has 0 rings (SSSR count). The fourth-order valence-electron chi connectivity index (χ4n) is 0.989. The maximum atomic E-state index is 11.1. The van der Waals surface area contributed by atoms with Crippen molar-refractivity contribution in [3.63, 3.8) is 0 Å². The van der Waals surface area contributed by atoms with Crippen molar-refractivity contribution in [2.45, 2.75) is 45.6 Å². The van der Waals surface area contributed by atoms with E-state index in [0.717, 1.165) is 12.8 Å². The molecule has 90 valence electrons. The predicted molar refractivity (Wildman–Crippen MR) is 59.6 cm³/mol. The van der Waals surface area contributed by atoms with Gasteiger partial charge in [-0.15, -0.1) is 0 Å². The van der Waals surface area contributed by atoms with Crippen LogP contribution in [0.25, 0.3) is 0 Å². The first kappa shape index (κ1) is 14.4. The van der Waals surface area contributed by atoms with Crippen molar-refractivity contribution in [1.82, 2.24) is 0 Å². The summed E-state index contributed by atoms with van der Waals surface area (Å²) in [4.78, 5) is 11.1. The molecule has 0 saturated heterocycles. The van der Waals surface area contributed by atoms with Crippen LogP contribution in [-0.4, -0.2) is 31.3 Å². The third-order valence-electron chi connectivity index (χ3n) is 1.72. The fourth-order valence-corrected chi connectivity index (χ4v) is 0.989. The van der Waals surface area contributed by atoms with E-state index in [4.69, 9.17) is 15.2 Å². The second-order valence-corrected chi connectivity index (χ2v) is 4.43. The molecule has 0 saturated carbocycles. The zero-order valence-electron chi connectivity index (χ0n) is 10.0. The van der Waals surface area contributed by atoms with Gasteiger partial charge in [-0.3, -0.25) is 4.79 Å². The van der Waals surface area contributed by atoms with Gasteiger partial charge in [0, 0.05) is 6.42 Å². The summed E-state index contributed by atoms with van der Waals surface area (Å²) in [6.45, 7) is 7.31. The average Bonchev–Trinajstić information content (AvgIpc) is 2.11. The second-order valence-electron chi connectivity index (χ2n) is 4.43. The van der Waals surface area contributed by atoms with Gasteiger partial charge in [0.25, 0.3) is 0 Å². The SMILES string of the molecule is CC(C)(C)OCCOC(=O)CCCCN. The first-order chi connectivity index (χ1) is 6.95. The summed E-state index contributed by atoms with van der Waals surface area (Å²) in [7, 11) is 0. The molecule has 4 heteroatoms. The number of rotatable bonds is 7. The number of esters is 1. The quantitative estimate of drug-likeness (QED) is 0.518. The molecule has 0 aromatic rings. The molecule has 0 spiro atoms. The highest BCUT2D eigenvalue weighted by atomic mass is 16.6. The Hall–Kier alpha value is -0.610. The maximum absolute atomic E-state index is 11.1. The van der Waals surface area contributed by atoms with Crippen LogP contribution >= 0.6 is 0 Å². The van der Waals surface area contributed by atoms with Gasteiger partial charge in [-0.25, -0.2) is 0 Å². The topological polar surface area (TPSA) is 61.5 Å². The molecule has 0 aliphatic heterocycles. The molecule has 2 N–H and O–H groups in total. The third-order valence-corrected chi connectivity index (χ3v) is 1.72. The Balaban J connectivity index is 3.32. The van der Waals surface area contributed by atoms with E-state index >= 15 is 0 Å². The minimum absolute atomic E-state index is 0.166. The zero-order chi connectivity index (χ0) is 11.7. The molecule has 0 radical (unpaired) electrons. The molecule has 15 heavy (non-hydrogen) atoms. The van der Waals surface area contributed by atoms with Crippen LogP contribution in [-0.2, 0) is 14.3 Å². The van der Waals surface area contributed by atoms with Crippen molar-refractivity contribution in [3.05, 3.63) is 0 Å². The van der Waals surface area contributed by atoms with Crippen LogP contribution in [0.15, 0.2) is 0 Å². The number of carbonyl (C=O) groups is 1. The molecule has 4 nitrogen and oxygen atoms in total. The summed E-state index contributed by atoms with van der Waals surface area (Å²) in [5, 5.41) is 0. The van der Waals surface area contributed by atoms with Crippen LogP contribution in [0.5, 0.6) is 0 Å². The molecule has 0 amide bonds. The number of carbonyl (C=O) groups excluding carboxylic acids is 1. The molecule has 0 unspecified atom stereocenters. The van der Waals surface area contributed by atoms with Crippen molar-refractivity contribution in [2.75, 3.05) is 19.8 Å². The van der Waals surface area contributed by atoms with Crippen LogP contribution < -0.4 is 5.73 Å². The van der Waals surface area contributed by atoms with E-state index in [2.05, 4.69) is 0 Å².